The molecule has 0 radical (unpaired) electrons. The topological polar surface area (TPSA) is 41.5 Å². The van der Waals surface area contributed by atoms with E-state index in [1.165, 1.54) is 12.8 Å². The van der Waals surface area contributed by atoms with Gasteiger partial charge in [0.1, 0.15) is 0 Å². The fraction of sp³-hybridized carbons (Fsp3) is 0.647. The van der Waals surface area contributed by atoms with Crippen molar-refractivity contribution in [1.29, 1.82) is 0 Å². The second-order valence-corrected chi connectivity index (χ2v) is 7.03. The molecule has 1 saturated carbocycles. The second kappa shape index (κ2) is 8.16. The molecule has 1 aromatic carbocycles. The van der Waals surface area contributed by atoms with Gasteiger partial charge in [-0.25, -0.2) is 0 Å². The summed E-state index contributed by atoms with van der Waals surface area (Å²) in [6, 6.07) is 6.03. The maximum atomic E-state index is 10.1. The van der Waals surface area contributed by atoms with Crippen LogP contribution in [0.4, 0.5) is 5.69 Å². The van der Waals surface area contributed by atoms with Gasteiger partial charge < -0.3 is 15.2 Å². The number of hydrogen-bond donors (Lipinski definition) is 2. The van der Waals surface area contributed by atoms with Crippen molar-refractivity contribution in [2.45, 2.75) is 51.7 Å². The third-order valence-corrected chi connectivity index (χ3v) is 5.07. The van der Waals surface area contributed by atoms with Gasteiger partial charge in [0.15, 0.2) is 0 Å². The van der Waals surface area contributed by atoms with Crippen LogP contribution in [0.2, 0.25) is 0 Å². The number of hydrogen-bond acceptors (Lipinski definition) is 3. The van der Waals surface area contributed by atoms with E-state index in [-0.39, 0.29) is 0 Å². The molecule has 1 aliphatic carbocycles. The highest BCUT2D eigenvalue weighted by Gasteiger charge is 2.20. The number of ether oxygens (including phenoxy) is 1. The summed E-state index contributed by atoms with van der Waals surface area (Å²) >= 11 is 3.51. The minimum absolute atomic E-state index is 0.330. The lowest BCUT2D eigenvalue weighted by atomic mass is 9.89. The molecule has 0 spiro atoms. The zero-order chi connectivity index (χ0) is 15.2. The number of benzene rings is 1. The first-order valence-electron chi connectivity index (χ1n) is 7.85. The van der Waals surface area contributed by atoms with Crippen molar-refractivity contribution in [3.63, 3.8) is 0 Å². The average Bonchev–Trinajstić information content (AvgIpc) is 2.47. The van der Waals surface area contributed by atoms with Crippen molar-refractivity contribution in [1.82, 2.24) is 0 Å². The van der Waals surface area contributed by atoms with Crippen LogP contribution in [0.3, 0.4) is 0 Å². The molecule has 0 bridgehead atoms. The molecule has 2 N–H and O–H groups in total. The van der Waals surface area contributed by atoms with Crippen LogP contribution >= 0.6 is 15.9 Å². The molecule has 4 heteroatoms. The minimum Gasteiger partial charge on any atom is -0.389 e. The lowest BCUT2D eigenvalue weighted by Gasteiger charge is -2.27. The zero-order valence-electron chi connectivity index (χ0n) is 12.9. The Balaban J connectivity index is 1.72. The van der Waals surface area contributed by atoms with E-state index in [1.54, 1.807) is 0 Å². The Labute approximate surface area is 136 Å². The monoisotopic (exact) mass is 355 g/mol. The second-order valence-electron chi connectivity index (χ2n) is 6.17. The molecule has 1 aliphatic rings. The Hall–Kier alpha value is -0.580. The highest BCUT2D eigenvalue weighted by molar-refractivity contribution is 9.10. The summed E-state index contributed by atoms with van der Waals surface area (Å²) in [5, 5.41) is 13.4. The predicted molar refractivity (Wildman–Crippen MR) is 90.7 cm³/mol. The molecule has 0 saturated heterocycles. The van der Waals surface area contributed by atoms with Crippen LogP contribution in [-0.2, 0) is 4.74 Å². The number of halogens is 1. The summed E-state index contributed by atoms with van der Waals surface area (Å²) < 4.78 is 6.94. The average molecular weight is 356 g/mol. The first-order chi connectivity index (χ1) is 10.1. The van der Waals surface area contributed by atoms with Crippen molar-refractivity contribution < 1.29 is 9.84 Å². The van der Waals surface area contributed by atoms with Gasteiger partial charge in [0.25, 0.3) is 0 Å². The van der Waals surface area contributed by atoms with E-state index >= 15 is 0 Å². The van der Waals surface area contributed by atoms with E-state index in [0.29, 0.717) is 19.3 Å². The zero-order valence-corrected chi connectivity index (χ0v) is 14.5. The number of aliphatic hydroxyl groups excluding tert-OH is 1. The number of rotatable bonds is 6. The highest BCUT2D eigenvalue weighted by atomic mass is 79.9. The van der Waals surface area contributed by atoms with E-state index in [0.717, 1.165) is 34.5 Å². The molecule has 21 heavy (non-hydrogen) atoms. The largest absolute Gasteiger partial charge is 0.389 e. The molecule has 0 amide bonds. The van der Waals surface area contributed by atoms with Gasteiger partial charge in [-0.3, -0.25) is 0 Å². The van der Waals surface area contributed by atoms with Crippen LogP contribution in [0, 0.1) is 12.8 Å². The Morgan fingerprint density at radius 2 is 2.24 bits per heavy atom. The van der Waals surface area contributed by atoms with Crippen molar-refractivity contribution in [3.05, 3.63) is 28.2 Å². The van der Waals surface area contributed by atoms with Crippen LogP contribution < -0.4 is 5.32 Å². The fourth-order valence-electron chi connectivity index (χ4n) is 2.86. The normalized spacial score (nSPS) is 23.8. The van der Waals surface area contributed by atoms with Crippen LogP contribution in [0.1, 0.15) is 38.2 Å². The van der Waals surface area contributed by atoms with Gasteiger partial charge in [-0.2, -0.15) is 0 Å². The number of aliphatic hydroxyl groups is 1. The van der Waals surface area contributed by atoms with E-state index < -0.39 is 6.10 Å². The minimum atomic E-state index is -0.472. The standard InChI is InChI=1S/C17H26BrNO2/c1-12-5-3-6-15(9-12)21-11-14(20)10-19-17-8-4-7-16(18)13(17)2/h4,7-8,12,14-15,19-20H,3,5-6,9-11H2,1-2H3. The molecule has 1 fully saturated rings. The first-order valence-corrected chi connectivity index (χ1v) is 8.64. The highest BCUT2D eigenvalue weighted by Crippen LogP contribution is 2.26. The van der Waals surface area contributed by atoms with Crippen molar-refractivity contribution in [2.75, 3.05) is 18.5 Å². The molecule has 0 aromatic heterocycles. The smallest absolute Gasteiger partial charge is 0.0945 e. The van der Waals surface area contributed by atoms with E-state index in [4.69, 9.17) is 4.74 Å². The van der Waals surface area contributed by atoms with Crippen LogP contribution in [0.25, 0.3) is 0 Å². The molecule has 0 heterocycles. The summed E-state index contributed by atoms with van der Waals surface area (Å²) in [5.74, 6) is 0.753. The van der Waals surface area contributed by atoms with Gasteiger partial charge >= 0.3 is 0 Å². The molecular weight excluding hydrogens is 330 g/mol. The molecule has 2 rings (SSSR count). The Kier molecular flexibility index (Phi) is 6.52. The van der Waals surface area contributed by atoms with Gasteiger partial charge in [0.05, 0.1) is 18.8 Å². The van der Waals surface area contributed by atoms with Crippen LogP contribution in [-0.4, -0.2) is 30.5 Å². The Bertz CT molecular complexity index is 452. The Morgan fingerprint density at radius 1 is 1.43 bits per heavy atom. The SMILES string of the molecule is Cc1c(Br)cccc1NCC(O)COC1CCCC(C)C1. The molecule has 118 valence electrons. The van der Waals surface area contributed by atoms with Gasteiger partial charge in [0, 0.05) is 16.7 Å². The van der Waals surface area contributed by atoms with Gasteiger partial charge in [-0.15, -0.1) is 0 Å². The van der Waals surface area contributed by atoms with E-state index in [2.05, 4.69) is 35.1 Å². The fourth-order valence-corrected chi connectivity index (χ4v) is 3.23. The Morgan fingerprint density at radius 3 is 3.00 bits per heavy atom. The van der Waals surface area contributed by atoms with Crippen molar-refractivity contribution >= 4 is 21.6 Å². The quantitative estimate of drug-likeness (QED) is 0.806. The summed E-state index contributed by atoms with van der Waals surface area (Å²) in [6.45, 7) is 5.26. The van der Waals surface area contributed by atoms with Crippen LogP contribution in [0.15, 0.2) is 22.7 Å². The molecular formula is C17H26BrNO2. The number of nitrogens with one attached hydrogen (secondary N) is 1. The molecule has 3 nitrogen and oxygen atoms in total. The van der Waals surface area contributed by atoms with Gasteiger partial charge in [-0.1, -0.05) is 41.8 Å². The summed E-state index contributed by atoms with van der Waals surface area (Å²) in [4.78, 5) is 0. The molecule has 0 aliphatic heterocycles. The molecule has 3 unspecified atom stereocenters. The maximum absolute atomic E-state index is 10.1. The summed E-state index contributed by atoms with van der Waals surface area (Å²) in [6.07, 6.45) is 4.68. The van der Waals surface area contributed by atoms with Crippen molar-refractivity contribution in [3.8, 4) is 0 Å². The predicted octanol–water partition coefficient (Wildman–Crippen LogP) is 4.13. The first kappa shape index (κ1) is 16.8. The molecule has 1 aromatic rings. The van der Waals surface area contributed by atoms with E-state index in [9.17, 15) is 5.11 Å². The van der Waals surface area contributed by atoms with Crippen LogP contribution in [0.5, 0.6) is 0 Å². The lowest BCUT2D eigenvalue weighted by Crippen LogP contribution is -2.30. The maximum Gasteiger partial charge on any atom is 0.0945 e. The lowest BCUT2D eigenvalue weighted by molar-refractivity contribution is -0.0274. The van der Waals surface area contributed by atoms with E-state index in [1.807, 2.05) is 18.2 Å². The van der Waals surface area contributed by atoms with Gasteiger partial charge in [0.2, 0.25) is 0 Å². The summed E-state index contributed by atoms with van der Waals surface area (Å²) in [5.41, 5.74) is 2.21. The van der Waals surface area contributed by atoms with Gasteiger partial charge in [-0.05, 0) is 43.4 Å². The third kappa shape index (κ3) is 5.28. The number of anilines is 1. The molecule has 3 atom stereocenters. The van der Waals surface area contributed by atoms with Crippen molar-refractivity contribution in [2.24, 2.45) is 5.92 Å². The summed E-state index contributed by atoms with van der Waals surface area (Å²) in [7, 11) is 0. The third-order valence-electron chi connectivity index (χ3n) is 4.21.